The molecule has 3 N–H and O–H groups in total. The zero-order chi connectivity index (χ0) is 27.8. The van der Waals surface area contributed by atoms with Gasteiger partial charge in [-0.05, 0) is 48.5 Å². The Balaban J connectivity index is 1.60. The summed E-state index contributed by atoms with van der Waals surface area (Å²) in [6.45, 7) is 0. The van der Waals surface area contributed by atoms with Crippen LogP contribution in [-0.2, 0) is 12.4 Å². The molecule has 7 nitrogen and oxygen atoms in total. The second-order valence-corrected chi connectivity index (χ2v) is 7.67. The van der Waals surface area contributed by atoms with E-state index in [9.17, 15) is 44.7 Å². The third-order valence-corrected chi connectivity index (χ3v) is 5.09. The van der Waals surface area contributed by atoms with Crippen LogP contribution in [-0.4, -0.2) is 21.8 Å². The summed E-state index contributed by atoms with van der Waals surface area (Å²) < 4.78 is 106. The number of nitrogens with zero attached hydrogens (tertiary/aromatic N) is 2. The third kappa shape index (κ3) is 5.50. The number of anilines is 3. The number of alkyl halides is 6. The molecule has 38 heavy (non-hydrogen) atoms. The molecule has 0 unspecified atom stereocenters. The van der Waals surface area contributed by atoms with Crippen LogP contribution in [0, 0.1) is 11.6 Å². The summed E-state index contributed by atoms with van der Waals surface area (Å²) in [5.41, 5.74) is -4.00. The number of aromatic nitrogens is 2. The van der Waals surface area contributed by atoms with Gasteiger partial charge in [-0.25, -0.2) is 18.4 Å². The van der Waals surface area contributed by atoms with Gasteiger partial charge in [-0.3, -0.25) is 5.32 Å². The molecule has 15 heteroatoms. The Morgan fingerprint density at radius 3 is 1.79 bits per heavy atom. The molecule has 1 heterocycles. The lowest BCUT2D eigenvalue weighted by atomic mass is 10.2. The molecule has 4 aromatic rings. The first-order valence-electron chi connectivity index (χ1n) is 10.3. The third-order valence-electron chi connectivity index (χ3n) is 5.09. The van der Waals surface area contributed by atoms with E-state index >= 15 is 0 Å². The van der Waals surface area contributed by atoms with Gasteiger partial charge in [0, 0.05) is 5.39 Å². The summed E-state index contributed by atoms with van der Waals surface area (Å²) in [7, 11) is 0. The molecule has 0 radical (unpaired) electrons. The highest BCUT2D eigenvalue weighted by Gasteiger charge is 2.32. The lowest BCUT2D eigenvalue weighted by Gasteiger charge is -2.11. The van der Waals surface area contributed by atoms with Gasteiger partial charge in [-0.2, -0.15) is 31.0 Å². The lowest BCUT2D eigenvalue weighted by molar-refractivity contribution is -0.138. The van der Waals surface area contributed by atoms with Crippen molar-refractivity contribution in [1.82, 2.24) is 9.78 Å². The first-order chi connectivity index (χ1) is 17.7. The molecule has 0 aliphatic carbocycles. The van der Waals surface area contributed by atoms with Crippen molar-refractivity contribution in [2.45, 2.75) is 12.4 Å². The fourth-order valence-electron chi connectivity index (χ4n) is 3.34. The van der Waals surface area contributed by atoms with Crippen molar-refractivity contribution in [3.05, 3.63) is 83.4 Å². The average molecular weight is 543 g/mol. The molecule has 198 valence electrons. The molecule has 0 atom stereocenters. The quantitative estimate of drug-likeness (QED) is 0.242. The number of nitrogens with one attached hydrogen (secondary N) is 3. The van der Waals surface area contributed by atoms with Crippen molar-refractivity contribution < 1.29 is 44.7 Å². The molecule has 3 amide bonds. The number of hydrogen-bond donors (Lipinski definition) is 3. The van der Waals surface area contributed by atoms with E-state index in [-0.39, 0.29) is 16.7 Å². The van der Waals surface area contributed by atoms with Crippen molar-refractivity contribution in [2.75, 3.05) is 16.0 Å². The zero-order valence-corrected chi connectivity index (χ0v) is 18.5. The van der Waals surface area contributed by atoms with Crippen LogP contribution in [0.5, 0.6) is 0 Å². The topological polar surface area (TPSA) is 88.1 Å². The van der Waals surface area contributed by atoms with Crippen molar-refractivity contribution >= 4 is 40.2 Å². The van der Waals surface area contributed by atoms with Crippen LogP contribution in [0.4, 0.5) is 61.9 Å². The largest absolute Gasteiger partial charge is 0.416 e. The van der Waals surface area contributed by atoms with E-state index in [1.54, 1.807) is 0 Å². The van der Waals surface area contributed by atoms with Crippen molar-refractivity contribution in [1.29, 1.82) is 0 Å². The lowest BCUT2D eigenvalue weighted by Crippen LogP contribution is -2.23. The van der Waals surface area contributed by atoms with Crippen LogP contribution in [0.25, 0.3) is 10.9 Å². The Kier molecular flexibility index (Phi) is 6.69. The molecular formula is C23H13F8N5O2. The molecule has 4 rings (SSSR count). The molecule has 0 bridgehead atoms. The van der Waals surface area contributed by atoms with Gasteiger partial charge >= 0.3 is 24.4 Å². The van der Waals surface area contributed by atoms with E-state index in [1.807, 2.05) is 10.6 Å². The highest BCUT2D eigenvalue weighted by molar-refractivity contribution is 6.07. The number of halogens is 8. The van der Waals surface area contributed by atoms with Gasteiger partial charge in [0.25, 0.3) is 0 Å². The van der Waals surface area contributed by atoms with Crippen LogP contribution >= 0.6 is 0 Å². The predicted molar refractivity (Wildman–Crippen MR) is 120 cm³/mol. The molecule has 0 spiro atoms. The minimum absolute atomic E-state index is 0.0259. The fourth-order valence-corrected chi connectivity index (χ4v) is 3.34. The summed E-state index contributed by atoms with van der Waals surface area (Å²) in [6.07, 6.45) is -9.61. The fraction of sp³-hybridized carbons (Fsp3) is 0.0870. The SMILES string of the molecule is O=C(Nc1cc(C(F)(F)F)ccc1F)Nc1nn(C(=O)Nc2cc(C(F)(F)F)ccc2F)c2ccccc12. The highest BCUT2D eigenvalue weighted by atomic mass is 19.4. The normalized spacial score (nSPS) is 11.9. The Bertz CT molecular complexity index is 1550. The van der Waals surface area contributed by atoms with Gasteiger partial charge < -0.3 is 10.6 Å². The van der Waals surface area contributed by atoms with E-state index in [0.29, 0.717) is 41.1 Å². The molecule has 0 saturated heterocycles. The highest BCUT2D eigenvalue weighted by Crippen LogP contribution is 2.33. The van der Waals surface area contributed by atoms with Gasteiger partial charge in [0.15, 0.2) is 5.82 Å². The second kappa shape index (κ2) is 9.64. The number of benzene rings is 3. The molecule has 3 aromatic carbocycles. The monoisotopic (exact) mass is 543 g/mol. The minimum Gasteiger partial charge on any atom is -0.305 e. The van der Waals surface area contributed by atoms with Crippen molar-refractivity contribution in [2.24, 2.45) is 0 Å². The maximum absolute atomic E-state index is 14.1. The number of carbonyl (C=O) groups excluding carboxylic acids is 2. The predicted octanol–water partition coefficient (Wildman–Crippen LogP) is 7.08. The van der Waals surface area contributed by atoms with E-state index in [2.05, 4.69) is 10.4 Å². The number of fused-ring (bicyclic) bond motifs is 1. The van der Waals surface area contributed by atoms with Gasteiger partial charge in [0.05, 0.1) is 28.0 Å². The zero-order valence-electron chi connectivity index (χ0n) is 18.5. The number of carbonyl (C=O) groups is 2. The molecule has 0 aliphatic rings. The van der Waals surface area contributed by atoms with E-state index in [4.69, 9.17) is 0 Å². The average Bonchev–Trinajstić information content (AvgIpc) is 3.19. The van der Waals surface area contributed by atoms with Crippen molar-refractivity contribution in [3.63, 3.8) is 0 Å². The number of urea groups is 1. The molecule has 0 fully saturated rings. The maximum atomic E-state index is 14.1. The Hall–Kier alpha value is -4.69. The van der Waals surface area contributed by atoms with Crippen molar-refractivity contribution in [3.8, 4) is 0 Å². The molecular weight excluding hydrogens is 530 g/mol. The standard InChI is InChI=1S/C23H13F8N5O2/c24-14-7-5-11(22(26,27)28)9-16(14)32-20(37)34-19-13-3-1-2-4-18(13)36(35-19)21(38)33-17-10-12(23(29,30)31)6-8-15(17)25/h1-10H,(H,33,38)(H2,32,34,35,37). The van der Waals surface area contributed by atoms with E-state index in [0.717, 1.165) is 0 Å². The number of hydrogen-bond acceptors (Lipinski definition) is 3. The first-order valence-corrected chi connectivity index (χ1v) is 10.3. The van der Waals surface area contributed by atoms with Crippen LogP contribution in [0.15, 0.2) is 60.7 Å². The van der Waals surface area contributed by atoms with Gasteiger partial charge in [0.2, 0.25) is 0 Å². The molecule has 0 saturated carbocycles. The number of rotatable bonds is 3. The van der Waals surface area contributed by atoms with Crippen LogP contribution < -0.4 is 16.0 Å². The Morgan fingerprint density at radius 1 is 0.711 bits per heavy atom. The smallest absolute Gasteiger partial charge is 0.305 e. The minimum atomic E-state index is -4.81. The Labute approximate surface area is 207 Å². The summed E-state index contributed by atoms with van der Waals surface area (Å²) in [5.74, 6) is -2.64. The second-order valence-electron chi connectivity index (χ2n) is 7.67. The van der Waals surface area contributed by atoms with Gasteiger partial charge in [0.1, 0.15) is 11.6 Å². The van der Waals surface area contributed by atoms with E-state index in [1.165, 1.54) is 24.3 Å². The Morgan fingerprint density at radius 2 is 1.24 bits per heavy atom. The summed E-state index contributed by atoms with van der Waals surface area (Å²) >= 11 is 0. The number of amides is 3. The first kappa shape index (κ1) is 26.4. The van der Waals surface area contributed by atoms with Crippen LogP contribution in [0.3, 0.4) is 0 Å². The molecule has 1 aromatic heterocycles. The van der Waals surface area contributed by atoms with Crippen LogP contribution in [0.2, 0.25) is 0 Å². The summed E-state index contributed by atoms with van der Waals surface area (Å²) in [5, 5.41) is 10.0. The van der Waals surface area contributed by atoms with E-state index < -0.39 is 58.6 Å². The summed E-state index contributed by atoms with van der Waals surface area (Å²) in [4.78, 5) is 25.2. The van der Waals surface area contributed by atoms with Crippen LogP contribution in [0.1, 0.15) is 11.1 Å². The maximum Gasteiger partial charge on any atom is 0.416 e. The summed E-state index contributed by atoms with van der Waals surface area (Å²) in [6, 6.07) is 6.02. The molecule has 0 aliphatic heterocycles. The van der Waals surface area contributed by atoms with Gasteiger partial charge in [-0.1, -0.05) is 12.1 Å². The van der Waals surface area contributed by atoms with Gasteiger partial charge in [-0.15, -0.1) is 5.10 Å². The number of para-hydroxylation sites is 1.